The van der Waals surface area contributed by atoms with Gasteiger partial charge >= 0.3 is 0 Å². The lowest BCUT2D eigenvalue weighted by molar-refractivity contribution is 0.208. The zero-order valence-electron chi connectivity index (χ0n) is 16.9. The van der Waals surface area contributed by atoms with E-state index in [4.69, 9.17) is 39.4 Å². The van der Waals surface area contributed by atoms with Crippen LogP contribution in [0.15, 0.2) is 66.7 Å². The van der Waals surface area contributed by atoms with Gasteiger partial charge in [-0.3, -0.25) is 0 Å². The van der Waals surface area contributed by atoms with Crippen LogP contribution in [0, 0.1) is 0 Å². The number of nitrogens with two attached hydrogens (primary N) is 2. The normalized spacial score (nSPS) is 12.3. The average molecular weight is 453 g/mol. The molecule has 0 aliphatic rings. The first-order valence-electron chi connectivity index (χ1n) is 9.90. The van der Waals surface area contributed by atoms with E-state index in [9.17, 15) is 0 Å². The summed E-state index contributed by atoms with van der Waals surface area (Å²) in [6, 6.07) is 21.4. The van der Waals surface area contributed by atoms with Crippen LogP contribution in [0.5, 0.6) is 5.75 Å². The first kappa shape index (κ1) is 21.2. The number of halogens is 2. The molecule has 0 bridgehead atoms. The Kier molecular flexibility index (Phi) is 6.16. The van der Waals surface area contributed by atoms with Crippen molar-refractivity contribution in [1.82, 2.24) is 9.97 Å². The zero-order chi connectivity index (χ0) is 22.0. The Morgan fingerprint density at radius 3 is 2.00 bits per heavy atom. The van der Waals surface area contributed by atoms with Gasteiger partial charge in [0.15, 0.2) is 0 Å². The molecule has 1 heterocycles. The van der Waals surface area contributed by atoms with Gasteiger partial charge in [-0.25, -0.2) is 4.98 Å². The van der Waals surface area contributed by atoms with Gasteiger partial charge in [0.25, 0.3) is 0 Å². The summed E-state index contributed by atoms with van der Waals surface area (Å²) < 4.78 is 6.32. The van der Waals surface area contributed by atoms with Crippen LogP contribution in [0.3, 0.4) is 0 Å². The molecule has 7 heteroatoms. The van der Waals surface area contributed by atoms with Crippen molar-refractivity contribution in [2.24, 2.45) is 0 Å². The number of benzene rings is 3. The maximum absolute atomic E-state index is 6.32. The monoisotopic (exact) mass is 452 g/mol. The number of nitrogen functional groups attached to an aromatic ring is 2. The Morgan fingerprint density at radius 2 is 1.42 bits per heavy atom. The van der Waals surface area contributed by atoms with E-state index >= 15 is 0 Å². The number of aromatic nitrogens is 2. The lowest BCUT2D eigenvalue weighted by atomic mass is 9.87. The van der Waals surface area contributed by atoms with Crippen LogP contribution in [-0.2, 0) is 0 Å². The number of fused-ring (bicyclic) bond motifs is 1. The molecule has 4 N–H and O–H groups in total. The Morgan fingerprint density at radius 1 is 0.839 bits per heavy atom. The summed E-state index contributed by atoms with van der Waals surface area (Å²) in [4.78, 5) is 8.34. The zero-order valence-corrected chi connectivity index (χ0v) is 18.4. The van der Waals surface area contributed by atoms with Crippen molar-refractivity contribution >= 4 is 45.9 Å². The van der Waals surface area contributed by atoms with E-state index in [1.165, 1.54) is 0 Å². The smallest absolute Gasteiger partial charge is 0.222 e. The van der Waals surface area contributed by atoms with Gasteiger partial charge in [0.2, 0.25) is 5.95 Å². The van der Waals surface area contributed by atoms with Gasteiger partial charge in [-0.05, 0) is 60.9 Å². The first-order valence-corrected chi connectivity index (χ1v) is 10.7. The minimum Gasteiger partial charge on any atom is -0.490 e. The number of rotatable bonds is 6. The molecule has 0 saturated heterocycles. The number of hydrogen-bond acceptors (Lipinski definition) is 5. The van der Waals surface area contributed by atoms with Crippen molar-refractivity contribution in [2.75, 3.05) is 11.5 Å². The summed E-state index contributed by atoms with van der Waals surface area (Å²) in [5.41, 5.74) is 14.8. The Bertz CT molecular complexity index is 1150. The highest BCUT2D eigenvalue weighted by Gasteiger charge is 2.20. The molecule has 0 aliphatic heterocycles. The van der Waals surface area contributed by atoms with Crippen LogP contribution in [-0.4, -0.2) is 16.1 Å². The molecule has 1 atom stereocenters. The molecule has 0 amide bonds. The average Bonchev–Trinajstić information content (AvgIpc) is 2.73. The predicted octanol–water partition coefficient (Wildman–Crippen LogP) is 6.09. The van der Waals surface area contributed by atoms with E-state index in [1.807, 2.05) is 73.7 Å². The third-order valence-corrected chi connectivity index (χ3v) is 5.67. The van der Waals surface area contributed by atoms with Gasteiger partial charge in [0.05, 0.1) is 17.0 Å². The lowest BCUT2D eigenvalue weighted by Gasteiger charge is -2.24. The summed E-state index contributed by atoms with van der Waals surface area (Å²) in [5, 5.41) is 2.07. The van der Waals surface area contributed by atoms with Crippen LogP contribution >= 0.6 is 23.2 Å². The number of nitrogens with zero attached hydrogens (tertiary/aromatic N) is 2. The molecule has 0 aliphatic carbocycles. The molecule has 0 fully saturated rings. The Labute approximate surface area is 191 Å². The second-order valence-electron chi connectivity index (χ2n) is 7.44. The summed E-state index contributed by atoms with van der Waals surface area (Å²) in [5.74, 6) is 1.18. The molecule has 31 heavy (non-hydrogen) atoms. The van der Waals surface area contributed by atoms with Crippen LogP contribution in [0.2, 0.25) is 10.0 Å². The first-order chi connectivity index (χ1) is 14.9. The van der Waals surface area contributed by atoms with Crippen molar-refractivity contribution in [3.05, 3.63) is 87.9 Å². The molecule has 158 valence electrons. The van der Waals surface area contributed by atoms with E-state index < -0.39 is 0 Å². The fourth-order valence-corrected chi connectivity index (χ4v) is 4.00. The molecule has 1 aromatic heterocycles. The summed E-state index contributed by atoms with van der Waals surface area (Å²) in [6.07, 6.45) is 0.606. The van der Waals surface area contributed by atoms with Crippen LogP contribution in [0.4, 0.5) is 11.8 Å². The number of hydrogen-bond donors (Lipinski definition) is 2. The standard InChI is InChI=1S/C24H22Cl2N4O/c1-14(31-21-4-2-3-20-22(21)23(27)30-24(28)29-20)13-19(15-5-9-17(25)10-6-15)16-7-11-18(26)12-8-16/h2-12,14,19H,13H2,1H3,(H4,27,28,29,30). The maximum atomic E-state index is 6.32. The van der Waals surface area contributed by atoms with Gasteiger partial charge in [0, 0.05) is 16.0 Å². The van der Waals surface area contributed by atoms with Crippen molar-refractivity contribution in [3.8, 4) is 5.75 Å². The Hall–Kier alpha value is -3.02. The van der Waals surface area contributed by atoms with Gasteiger partial charge in [0.1, 0.15) is 11.6 Å². The van der Waals surface area contributed by atoms with Gasteiger partial charge in [-0.2, -0.15) is 4.98 Å². The predicted molar refractivity (Wildman–Crippen MR) is 128 cm³/mol. The molecule has 0 saturated carbocycles. The van der Waals surface area contributed by atoms with Crippen LogP contribution < -0.4 is 16.2 Å². The molecule has 5 nitrogen and oxygen atoms in total. The minimum atomic E-state index is -0.126. The van der Waals surface area contributed by atoms with Crippen molar-refractivity contribution in [3.63, 3.8) is 0 Å². The lowest BCUT2D eigenvalue weighted by Crippen LogP contribution is -2.17. The highest BCUT2D eigenvalue weighted by molar-refractivity contribution is 6.30. The number of ether oxygens (including phenoxy) is 1. The molecule has 1 unspecified atom stereocenters. The highest BCUT2D eigenvalue weighted by Crippen LogP contribution is 2.34. The molecular formula is C24H22Cl2N4O. The van der Waals surface area contributed by atoms with Crippen molar-refractivity contribution in [1.29, 1.82) is 0 Å². The molecule has 0 radical (unpaired) electrons. The molecule has 4 rings (SSSR count). The summed E-state index contributed by atoms with van der Waals surface area (Å²) in [7, 11) is 0. The third kappa shape index (κ3) is 4.84. The third-order valence-electron chi connectivity index (χ3n) is 5.17. The maximum Gasteiger partial charge on any atom is 0.222 e. The second kappa shape index (κ2) is 9.00. The van der Waals surface area contributed by atoms with E-state index in [-0.39, 0.29) is 18.0 Å². The Balaban J connectivity index is 1.64. The van der Waals surface area contributed by atoms with Gasteiger partial charge in [-0.1, -0.05) is 53.5 Å². The molecule has 4 aromatic rings. The quantitative estimate of drug-likeness (QED) is 0.369. The second-order valence-corrected chi connectivity index (χ2v) is 8.31. The fourth-order valence-electron chi connectivity index (χ4n) is 3.75. The van der Waals surface area contributed by atoms with Crippen LogP contribution in [0.1, 0.15) is 30.4 Å². The van der Waals surface area contributed by atoms with Gasteiger partial charge in [-0.15, -0.1) is 0 Å². The van der Waals surface area contributed by atoms with Crippen molar-refractivity contribution < 1.29 is 4.74 Å². The molecule has 0 spiro atoms. The minimum absolute atomic E-state index is 0.101. The topological polar surface area (TPSA) is 87.0 Å². The highest BCUT2D eigenvalue weighted by atomic mass is 35.5. The molecule has 3 aromatic carbocycles. The number of anilines is 2. The largest absolute Gasteiger partial charge is 0.490 e. The summed E-state index contributed by atoms with van der Waals surface area (Å²) >= 11 is 12.2. The summed E-state index contributed by atoms with van der Waals surface area (Å²) in [6.45, 7) is 2.03. The fraction of sp³-hybridized carbons (Fsp3) is 0.167. The SMILES string of the molecule is CC(CC(c1ccc(Cl)cc1)c1ccc(Cl)cc1)Oc1cccc2nc(N)nc(N)c12. The van der Waals surface area contributed by atoms with E-state index in [0.717, 1.165) is 17.5 Å². The van der Waals surface area contributed by atoms with Crippen molar-refractivity contribution in [2.45, 2.75) is 25.4 Å². The van der Waals surface area contributed by atoms with Crippen LogP contribution in [0.25, 0.3) is 10.9 Å². The van der Waals surface area contributed by atoms with E-state index in [2.05, 4.69) is 9.97 Å². The van der Waals surface area contributed by atoms with Gasteiger partial charge < -0.3 is 16.2 Å². The van der Waals surface area contributed by atoms with E-state index in [0.29, 0.717) is 32.5 Å². The molecular weight excluding hydrogens is 431 g/mol. The van der Waals surface area contributed by atoms with E-state index in [1.54, 1.807) is 0 Å².